The Morgan fingerprint density at radius 2 is 1.88 bits per heavy atom. The Morgan fingerprint density at radius 3 is 2.73 bits per heavy atom. The van der Waals surface area contributed by atoms with E-state index in [1.165, 1.54) is 11.1 Å². The van der Waals surface area contributed by atoms with E-state index in [0.717, 1.165) is 16.8 Å². The summed E-state index contributed by atoms with van der Waals surface area (Å²) in [4.78, 5) is 25.3. The molecule has 0 saturated carbocycles. The molecule has 33 heavy (non-hydrogen) atoms. The van der Waals surface area contributed by atoms with Crippen LogP contribution in [0.4, 0.5) is 0 Å². The maximum atomic E-state index is 12.9. The number of fused-ring (bicyclic) bond motifs is 2. The van der Waals surface area contributed by atoms with E-state index in [9.17, 15) is 9.59 Å². The maximum Gasteiger partial charge on any atom is 0.276 e. The summed E-state index contributed by atoms with van der Waals surface area (Å²) < 4.78 is 13.8. The molecule has 8 heteroatoms. The first kappa shape index (κ1) is 20.8. The summed E-state index contributed by atoms with van der Waals surface area (Å²) in [5.74, 6) is 1.26. The van der Waals surface area contributed by atoms with Crippen molar-refractivity contribution in [3.8, 4) is 22.8 Å². The predicted molar refractivity (Wildman–Crippen MR) is 123 cm³/mol. The van der Waals surface area contributed by atoms with Crippen LogP contribution in [0.1, 0.15) is 23.1 Å². The van der Waals surface area contributed by atoms with Gasteiger partial charge in [-0.15, -0.1) is 0 Å². The monoisotopic (exact) mass is 444 g/mol. The number of amides is 1. The lowest BCUT2D eigenvalue weighted by atomic mass is 10.0. The van der Waals surface area contributed by atoms with Gasteiger partial charge in [0.15, 0.2) is 11.5 Å². The number of hydrogen-bond donors (Lipinski definition) is 1. The third-order valence-corrected chi connectivity index (χ3v) is 5.91. The van der Waals surface area contributed by atoms with Gasteiger partial charge in [0, 0.05) is 37.5 Å². The van der Waals surface area contributed by atoms with Crippen LogP contribution in [0.3, 0.4) is 0 Å². The van der Waals surface area contributed by atoms with Gasteiger partial charge in [0.25, 0.3) is 5.56 Å². The molecule has 0 saturated heterocycles. The molecule has 5 rings (SSSR count). The molecular weight excluding hydrogens is 420 g/mol. The van der Waals surface area contributed by atoms with E-state index in [4.69, 9.17) is 9.47 Å². The van der Waals surface area contributed by atoms with Crippen molar-refractivity contribution in [2.75, 3.05) is 6.79 Å². The molecule has 3 heterocycles. The van der Waals surface area contributed by atoms with Crippen LogP contribution in [-0.2, 0) is 17.9 Å². The minimum absolute atomic E-state index is 0.135. The Hall–Kier alpha value is -4.07. The molecule has 4 aromatic rings. The van der Waals surface area contributed by atoms with Crippen molar-refractivity contribution in [1.29, 1.82) is 0 Å². The van der Waals surface area contributed by atoms with Crippen LogP contribution in [0.5, 0.6) is 11.5 Å². The number of carbonyl (C=O) groups is 1. The second-order valence-electron chi connectivity index (χ2n) is 8.17. The number of rotatable bonds is 6. The van der Waals surface area contributed by atoms with E-state index in [2.05, 4.69) is 36.4 Å². The van der Waals surface area contributed by atoms with Gasteiger partial charge in [0.05, 0.1) is 5.69 Å². The fourth-order valence-corrected chi connectivity index (χ4v) is 3.81. The third-order valence-electron chi connectivity index (χ3n) is 5.91. The molecule has 1 N–H and O–H groups in total. The number of hydrogen-bond acceptors (Lipinski definition) is 5. The minimum atomic E-state index is -0.177. The molecular formula is C25H24N4O4. The van der Waals surface area contributed by atoms with E-state index in [-0.39, 0.29) is 31.2 Å². The highest BCUT2D eigenvalue weighted by molar-refractivity contribution is 5.75. The second kappa shape index (κ2) is 8.46. The molecule has 0 atom stereocenters. The van der Waals surface area contributed by atoms with Gasteiger partial charge in [-0.05, 0) is 54.8 Å². The van der Waals surface area contributed by atoms with Crippen molar-refractivity contribution in [2.24, 2.45) is 0 Å². The first-order valence-electron chi connectivity index (χ1n) is 10.8. The molecule has 0 spiro atoms. The molecule has 0 fully saturated rings. The van der Waals surface area contributed by atoms with Crippen LogP contribution in [0.25, 0.3) is 16.8 Å². The Morgan fingerprint density at radius 1 is 1.03 bits per heavy atom. The lowest BCUT2D eigenvalue weighted by molar-refractivity contribution is -0.121. The van der Waals surface area contributed by atoms with Crippen molar-refractivity contribution < 1.29 is 14.3 Å². The zero-order chi connectivity index (χ0) is 22.9. The summed E-state index contributed by atoms with van der Waals surface area (Å²) in [5, 5.41) is 7.43. The lowest BCUT2D eigenvalue weighted by Gasteiger charge is -2.08. The average Bonchev–Trinajstić information content (AvgIpc) is 3.46. The lowest BCUT2D eigenvalue weighted by Crippen LogP contribution is -2.27. The fraction of sp³-hybridized carbons (Fsp3) is 0.240. The zero-order valence-corrected chi connectivity index (χ0v) is 18.5. The standard InChI is InChI=1S/C25H24N4O4/c1-16-3-5-19(11-17(16)2)20-13-21-25(31)28(9-10-29(21)27-20)8-7-24(30)26-14-18-4-6-22-23(12-18)33-15-32-22/h3-6,9-13H,7-8,14-15H2,1-2H3,(H,26,30). The number of nitrogens with zero attached hydrogens (tertiary/aromatic N) is 3. The van der Waals surface area contributed by atoms with E-state index >= 15 is 0 Å². The summed E-state index contributed by atoms with van der Waals surface area (Å²) in [5.41, 5.74) is 5.32. The summed E-state index contributed by atoms with van der Waals surface area (Å²) in [6.45, 7) is 5.00. The summed E-state index contributed by atoms with van der Waals surface area (Å²) >= 11 is 0. The van der Waals surface area contributed by atoms with E-state index in [0.29, 0.717) is 23.6 Å². The second-order valence-corrected chi connectivity index (χ2v) is 8.17. The molecule has 8 nitrogen and oxygen atoms in total. The van der Waals surface area contributed by atoms with Crippen molar-refractivity contribution in [3.05, 3.63) is 81.9 Å². The van der Waals surface area contributed by atoms with Gasteiger partial charge in [-0.2, -0.15) is 5.10 Å². The summed E-state index contributed by atoms with van der Waals surface area (Å²) in [6, 6.07) is 13.5. The van der Waals surface area contributed by atoms with Gasteiger partial charge in [-0.3, -0.25) is 9.59 Å². The smallest absolute Gasteiger partial charge is 0.276 e. The number of carbonyl (C=O) groups excluding carboxylic acids is 1. The Kier molecular flexibility index (Phi) is 5.34. The highest BCUT2D eigenvalue weighted by Crippen LogP contribution is 2.32. The van der Waals surface area contributed by atoms with E-state index < -0.39 is 0 Å². The normalized spacial score (nSPS) is 12.3. The molecule has 2 aromatic heterocycles. The van der Waals surface area contributed by atoms with Crippen molar-refractivity contribution in [1.82, 2.24) is 19.5 Å². The van der Waals surface area contributed by atoms with Crippen LogP contribution < -0.4 is 20.3 Å². The molecule has 1 aliphatic heterocycles. The highest BCUT2D eigenvalue weighted by atomic mass is 16.7. The van der Waals surface area contributed by atoms with Crippen molar-refractivity contribution in [3.63, 3.8) is 0 Å². The van der Waals surface area contributed by atoms with Crippen LogP contribution in [0.2, 0.25) is 0 Å². The Labute approximate surface area is 190 Å². The number of nitrogens with one attached hydrogen (secondary N) is 1. The summed E-state index contributed by atoms with van der Waals surface area (Å²) in [6.07, 6.45) is 3.60. The quantitative estimate of drug-likeness (QED) is 0.494. The topological polar surface area (TPSA) is 86.9 Å². The molecule has 1 aliphatic rings. The molecule has 0 unspecified atom stereocenters. The number of ether oxygens (including phenoxy) is 2. The molecule has 0 radical (unpaired) electrons. The minimum Gasteiger partial charge on any atom is -0.454 e. The van der Waals surface area contributed by atoms with Crippen LogP contribution in [0.15, 0.2) is 59.7 Å². The first-order chi connectivity index (χ1) is 16.0. The molecule has 0 bridgehead atoms. The highest BCUT2D eigenvalue weighted by Gasteiger charge is 2.14. The third kappa shape index (κ3) is 4.19. The Balaban J connectivity index is 1.25. The maximum absolute atomic E-state index is 12.9. The first-order valence-corrected chi connectivity index (χ1v) is 10.8. The SMILES string of the molecule is Cc1ccc(-c2cc3c(=O)n(CCC(=O)NCc4ccc5c(c4)OCO5)ccn3n2)cc1C. The number of aromatic nitrogens is 3. The van der Waals surface area contributed by atoms with Crippen molar-refractivity contribution in [2.45, 2.75) is 33.4 Å². The van der Waals surface area contributed by atoms with Gasteiger partial charge in [0.1, 0.15) is 5.52 Å². The summed E-state index contributed by atoms with van der Waals surface area (Å²) in [7, 11) is 0. The zero-order valence-electron chi connectivity index (χ0n) is 18.5. The van der Waals surface area contributed by atoms with Gasteiger partial charge in [-0.25, -0.2) is 4.52 Å². The average molecular weight is 444 g/mol. The van der Waals surface area contributed by atoms with E-state index in [1.54, 1.807) is 27.5 Å². The van der Waals surface area contributed by atoms with Crippen LogP contribution in [-0.4, -0.2) is 26.9 Å². The number of aryl methyl sites for hydroxylation is 3. The van der Waals surface area contributed by atoms with Crippen molar-refractivity contribution >= 4 is 11.4 Å². The molecule has 1 amide bonds. The largest absolute Gasteiger partial charge is 0.454 e. The van der Waals surface area contributed by atoms with Gasteiger partial charge in [-0.1, -0.05) is 18.2 Å². The van der Waals surface area contributed by atoms with Crippen LogP contribution in [0, 0.1) is 13.8 Å². The molecule has 0 aliphatic carbocycles. The predicted octanol–water partition coefficient (Wildman–Crippen LogP) is 3.22. The Bertz CT molecular complexity index is 1420. The molecule has 2 aromatic carbocycles. The van der Waals surface area contributed by atoms with Gasteiger partial charge < -0.3 is 19.4 Å². The van der Waals surface area contributed by atoms with Crippen LogP contribution >= 0.6 is 0 Å². The molecule has 168 valence electrons. The van der Waals surface area contributed by atoms with Gasteiger partial charge in [0.2, 0.25) is 12.7 Å². The van der Waals surface area contributed by atoms with Gasteiger partial charge >= 0.3 is 0 Å². The number of benzene rings is 2. The fourth-order valence-electron chi connectivity index (χ4n) is 3.81. The van der Waals surface area contributed by atoms with E-state index in [1.807, 2.05) is 24.3 Å².